The van der Waals surface area contributed by atoms with Crippen LogP contribution in [-0.4, -0.2) is 62.1 Å². The topological polar surface area (TPSA) is 123 Å². The van der Waals surface area contributed by atoms with Gasteiger partial charge in [0.1, 0.15) is 11.3 Å². The summed E-state index contributed by atoms with van der Waals surface area (Å²) in [7, 11) is 0. The molecule has 1 amide bonds. The Balaban J connectivity index is 1.88. The fourth-order valence-electron chi connectivity index (χ4n) is 3.68. The Morgan fingerprint density at radius 3 is 2.83 bits per heavy atom. The van der Waals surface area contributed by atoms with Crippen LogP contribution in [0.5, 0.6) is 0 Å². The molecule has 0 radical (unpaired) electrons. The van der Waals surface area contributed by atoms with Crippen LogP contribution in [0.2, 0.25) is 0 Å². The molecule has 1 aromatic heterocycles. The maximum atomic E-state index is 12.6. The molecule has 1 fully saturated rings. The highest BCUT2D eigenvalue weighted by Crippen LogP contribution is 2.34. The lowest BCUT2D eigenvalue weighted by Gasteiger charge is -2.29. The van der Waals surface area contributed by atoms with Gasteiger partial charge in [0.05, 0.1) is 35.2 Å². The summed E-state index contributed by atoms with van der Waals surface area (Å²) in [4.78, 5) is 25.4. The van der Waals surface area contributed by atoms with Gasteiger partial charge in [-0.05, 0) is 46.1 Å². The zero-order valence-corrected chi connectivity index (χ0v) is 17.6. The maximum Gasteiger partial charge on any atom is 0.410 e. The van der Waals surface area contributed by atoms with Crippen molar-refractivity contribution >= 4 is 28.4 Å². The van der Waals surface area contributed by atoms with Crippen LogP contribution in [0.25, 0.3) is 10.9 Å². The van der Waals surface area contributed by atoms with Gasteiger partial charge in [0.15, 0.2) is 0 Å². The average molecular weight is 419 g/mol. The van der Waals surface area contributed by atoms with Crippen LogP contribution in [0.15, 0.2) is 18.3 Å². The lowest BCUT2D eigenvalue weighted by molar-refractivity contribution is -0.383. The predicted molar refractivity (Wildman–Crippen MR) is 113 cm³/mol. The van der Waals surface area contributed by atoms with Crippen molar-refractivity contribution in [1.29, 1.82) is 0 Å². The van der Waals surface area contributed by atoms with Crippen molar-refractivity contribution in [2.45, 2.75) is 58.2 Å². The second-order valence-electron chi connectivity index (χ2n) is 8.50. The Kier molecular flexibility index (Phi) is 6.45. The van der Waals surface area contributed by atoms with Crippen molar-refractivity contribution in [3.05, 3.63) is 28.4 Å². The van der Waals surface area contributed by atoms with Crippen LogP contribution in [0.4, 0.5) is 16.2 Å². The molecular weight excluding hydrogens is 390 g/mol. The van der Waals surface area contributed by atoms with Crippen LogP contribution < -0.4 is 5.32 Å². The third-order valence-electron chi connectivity index (χ3n) is 4.98. The molecule has 164 valence electrons. The molecule has 1 atom stereocenters. The van der Waals surface area contributed by atoms with Gasteiger partial charge in [0, 0.05) is 25.2 Å². The lowest BCUT2D eigenvalue weighted by atomic mass is 10.1. The number of aliphatic hydroxyl groups excluding tert-OH is 1. The lowest BCUT2D eigenvalue weighted by Crippen LogP contribution is -2.42. The number of anilines is 1. The van der Waals surface area contributed by atoms with Gasteiger partial charge in [-0.1, -0.05) is 0 Å². The number of aromatic nitrogens is 2. The molecule has 30 heavy (non-hydrogen) atoms. The number of amides is 1. The molecule has 1 aromatic carbocycles. The molecule has 3 rings (SSSR count). The van der Waals surface area contributed by atoms with Crippen molar-refractivity contribution in [2.24, 2.45) is 0 Å². The molecule has 2 N–H and O–H groups in total. The van der Waals surface area contributed by atoms with Crippen molar-refractivity contribution in [3.8, 4) is 0 Å². The molecule has 2 heterocycles. The van der Waals surface area contributed by atoms with E-state index in [1.165, 1.54) is 6.07 Å². The van der Waals surface area contributed by atoms with Crippen LogP contribution >= 0.6 is 0 Å². The van der Waals surface area contributed by atoms with Gasteiger partial charge < -0.3 is 20.1 Å². The molecule has 0 spiro atoms. The molecule has 2 aromatic rings. The van der Waals surface area contributed by atoms with E-state index in [-0.39, 0.29) is 24.4 Å². The number of hydrogen-bond acceptors (Lipinski definition) is 7. The van der Waals surface area contributed by atoms with Crippen LogP contribution in [0.1, 0.15) is 40.0 Å². The summed E-state index contributed by atoms with van der Waals surface area (Å²) in [6.45, 7) is 6.69. The molecule has 1 aliphatic rings. The quantitative estimate of drug-likeness (QED) is 0.564. The molecular formula is C20H29N5O5. The van der Waals surface area contributed by atoms with Gasteiger partial charge in [0.2, 0.25) is 0 Å². The van der Waals surface area contributed by atoms with E-state index in [1.54, 1.807) is 21.8 Å². The van der Waals surface area contributed by atoms with Gasteiger partial charge in [0.25, 0.3) is 5.69 Å². The number of hydrogen-bond donors (Lipinski definition) is 2. The normalized spacial score (nSPS) is 17.6. The van der Waals surface area contributed by atoms with E-state index in [4.69, 9.17) is 4.74 Å². The van der Waals surface area contributed by atoms with Crippen molar-refractivity contribution < 1.29 is 19.6 Å². The summed E-state index contributed by atoms with van der Waals surface area (Å²) in [6.07, 6.45) is 3.71. The number of rotatable bonds is 5. The number of nitro groups is 1. The number of carbonyl (C=O) groups excluding carboxylic acids is 1. The van der Waals surface area contributed by atoms with Gasteiger partial charge in [-0.15, -0.1) is 0 Å². The predicted octanol–water partition coefficient (Wildman–Crippen LogP) is 3.14. The molecule has 0 aliphatic carbocycles. The average Bonchev–Trinajstić information content (AvgIpc) is 2.91. The summed E-state index contributed by atoms with van der Waals surface area (Å²) in [5.74, 6) is 0. The number of likely N-dealkylation sites (tertiary alicyclic amines) is 1. The van der Waals surface area contributed by atoms with E-state index in [1.807, 2.05) is 20.8 Å². The smallest absolute Gasteiger partial charge is 0.410 e. The molecule has 1 aliphatic heterocycles. The Hall–Kier alpha value is -2.88. The van der Waals surface area contributed by atoms with E-state index >= 15 is 0 Å². The molecule has 0 bridgehead atoms. The SMILES string of the molecule is CC(C)(C)OC(=O)N1CCCC[C@@H](Nc2c([N+](=O)[O-])ccc3c2cnn3CCO)C1. The summed E-state index contributed by atoms with van der Waals surface area (Å²) < 4.78 is 7.12. The standard InChI is InChI=1S/C20H29N5O5/c1-20(2,3)30-19(27)23-9-5-4-6-14(13-23)22-18-15-12-21-24(10-11-26)16(15)7-8-17(18)25(28)29/h7-8,12,14,22,26H,4-6,9-11,13H2,1-3H3/t14-/m1/s1. The van der Waals surface area contributed by atoms with Gasteiger partial charge in [-0.25, -0.2) is 4.79 Å². The Morgan fingerprint density at radius 2 is 2.17 bits per heavy atom. The maximum absolute atomic E-state index is 12.6. The fourth-order valence-corrected chi connectivity index (χ4v) is 3.68. The number of fused-ring (bicyclic) bond motifs is 1. The van der Waals surface area contributed by atoms with Crippen LogP contribution in [-0.2, 0) is 11.3 Å². The highest BCUT2D eigenvalue weighted by Gasteiger charge is 2.28. The minimum Gasteiger partial charge on any atom is -0.444 e. The van der Waals surface area contributed by atoms with E-state index in [2.05, 4.69) is 10.4 Å². The van der Waals surface area contributed by atoms with Gasteiger partial charge >= 0.3 is 6.09 Å². The minimum absolute atomic E-state index is 0.0425. The van der Waals surface area contributed by atoms with Crippen molar-refractivity contribution in [2.75, 3.05) is 25.0 Å². The number of nitro benzene ring substituents is 1. The Bertz CT molecular complexity index is 920. The third-order valence-corrected chi connectivity index (χ3v) is 4.98. The number of nitrogens with zero attached hydrogens (tertiary/aromatic N) is 4. The number of carbonyl (C=O) groups is 1. The second-order valence-corrected chi connectivity index (χ2v) is 8.50. The third kappa shape index (κ3) is 4.99. The minimum atomic E-state index is -0.585. The summed E-state index contributed by atoms with van der Waals surface area (Å²) >= 11 is 0. The largest absolute Gasteiger partial charge is 0.444 e. The Labute approximate surface area is 174 Å². The van der Waals surface area contributed by atoms with Crippen LogP contribution in [0.3, 0.4) is 0 Å². The fraction of sp³-hybridized carbons (Fsp3) is 0.600. The highest BCUT2D eigenvalue weighted by atomic mass is 16.6. The second kappa shape index (κ2) is 8.86. The van der Waals surface area contributed by atoms with Crippen molar-refractivity contribution in [3.63, 3.8) is 0 Å². The zero-order valence-electron chi connectivity index (χ0n) is 17.6. The van der Waals surface area contributed by atoms with Crippen LogP contribution in [0, 0.1) is 10.1 Å². The summed E-state index contributed by atoms with van der Waals surface area (Å²) in [5.41, 5.74) is 0.462. The molecule has 1 saturated heterocycles. The summed E-state index contributed by atoms with van der Waals surface area (Å²) in [5, 5.41) is 29.1. The Morgan fingerprint density at radius 1 is 1.40 bits per heavy atom. The van der Waals surface area contributed by atoms with E-state index < -0.39 is 10.5 Å². The van der Waals surface area contributed by atoms with E-state index in [9.17, 15) is 20.0 Å². The first-order chi connectivity index (χ1) is 14.2. The first kappa shape index (κ1) is 21.8. The molecule has 0 unspecified atom stereocenters. The zero-order chi connectivity index (χ0) is 21.9. The first-order valence-electron chi connectivity index (χ1n) is 10.2. The molecule has 10 heteroatoms. The summed E-state index contributed by atoms with van der Waals surface area (Å²) in [6, 6.07) is 2.93. The molecule has 0 saturated carbocycles. The van der Waals surface area contributed by atoms with Crippen molar-refractivity contribution in [1.82, 2.24) is 14.7 Å². The molecule has 10 nitrogen and oxygen atoms in total. The number of benzene rings is 1. The first-order valence-corrected chi connectivity index (χ1v) is 10.2. The number of aliphatic hydroxyl groups is 1. The van der Waals surface area contributed by atoms with Gasteiger partial charge in [-0.2, -0.15) is 5.10 Å². The van der Waals surface area contributed by atoms with E-state index in [0.717, 1.165) is 19.3 Å². The van der Waals surface area contributed by atoms with E-state index in [0.29, 0.717) is 36.2 Å². The number of ether oxygens (including phenoxy) is 1. The highest BCUT2D eigenvalue weighted by molar-refractivity contribution is 5.96. The monoisotopic (exact) mass is 419 g/mol. The van der Waals surface area contributed by atoms with Gasteiger partial charge in [-0.3, -0.25) is 14.8 Å². The number of nitrogens with one attached hydrogen (secondary N) is 1.